The third-order valence-corrected chi connectivity index (χ3v) is 4.53. The summed E-state index contributed by atoms with van der Waals surface area (Å²) >= 11 is 5.97. The number of amides is 1. The Morgan fingerprint density at radius 1 is 1.18 bits per heavy atom. The number of hydrogen-bond acceptors (Lipinski definition) is 3. The molecule has 0 unspecified atom stereocenters. The van der Waals surface area contributed by atoms with E-state index in [0.717, 1.165) is 47.7 Å². The summed E-state index contributed by atoms with van der Waals surface area (Å²) in [5, 5.41) is 3.52. The van der Waals surface area contributed by atoms with Crippen LogP contribution in [0.3, 0.4) is 0 Å². The number of carbonyl (C=O) groups excluding carboxylic acids is 1. The normalized spacial score (nSPS) is 16.1. The average molecular weight is 418 g/mol. The van der Waals surface area contributed by atoms with Crippen molar-refractivity contribution in [1.29, 1.82) is 0 Å². The molecule has 148 valence electrons. The molecule has 2 aromatic carbocycles. The van der Waals surface area contributed by atoms with Crippen molar-refractivity contribution in [2.45, 2.75) is 32.6 Å². The molecule has 0 heterocycles. The Balaban J connectivity index is 0.00000280. The van der Waals surface area contributed by atoms with Gasteiger partial charge in [0.15, 0.2) is 0 Å². The highest BCUT2D eigenvalue weighted by Gasteiger charge is 2.16. The predicted octanol–water partition coefficient (Wildman–Crippen LogP) is 3.64. The van der Waals surface area contributed by atoms with Gasteiger partial charge >= 0.3 is 6.09 Å². The second-order valence-corrected chi connectivity index (χ2v) is 6.85. The van der Waals surface area contributed by atoms with E-state index in [1.807, 2.05) is 55.5 Å². The highest BCUT2D eigenvalue weighted by atomic mass is 35.5. The van der Waals surface area contributed by atoms with Gasteiger partial charge in [-0.3, -0.25) is 10.3 Å². The van der Waals surface area contributed by atoms with E-state index in [9.17, 15) is 4.79 Å². The van der Waals surface area contributed by atoms with Crippen molar-refractivity contribution in [2.24, 2.45) is 4.99 Å². The number of anilines is 1. The molecule has 0 bridgehead atoms. The number of halogens is 2. The number of para-hydroxylation sites is 2. The molecule has 1 fully saturated rings. The molecule has 0 atom stereocenters. The Kier molecular flexibility index (Phi) is 8.55. The molecule has 1 aliphatic carbocycles. The molecule has 28 heavy (non-hydrogen) atoms. The molecule has 2 aromatic rings. The number of rotatable bonds is 5. The van der Waals surface area contributed by atoms with E-state index in [-0.39, 0.29) is 12.4 Å². The summed E-state index contributed by atoms with van der Waals surface area (Å²) in [4.78, 5) is 16.7. The van der Waals surface area contributed by atoms with Crippen LogP contribution in [0.15, 0.2) is 59.1 Å². The first kappa shape index (κ1) is 22.0. The van der Waals surface area contributed by atoms with Gasteiger partial charge in [-0.15, -0.1) is 0 Å². The number of nitrogens with zero attached hydrogens (tertiary/aromatic N) is 1. The van der Waals surface area contributed by atoms with Crippen molar-refractivity contribution >= 4 is 40.9 Å². The number of nitrogens with one attached hydrogen (secondary N) is 1. The van der Waals surface area contributed by atoms with Crippen molar-refractivity contribution in [3.63, 3.8) is 0 Å². The molecule has 0 aromatic heterocycles. The third kappa shape index (κ3) is 6.11. The smallest absolute Gasteiger partial charge is 0.411 e. The Labute approximate surface area is 177 Å². The van der Waals surface area contributed by atoms with E-state index in [4.69, 9.17) is 21.3 Å². The fourth-order valence-corrected chi connectivity index (χ4v) is 3.08. The number of carbonyl (C=O) groups is 1. The van der Waals surface area contributed by atoms with Crippen LogP contribution in [0.1, 0.15) is 38.2 Å². The first-order valence-corrected chi connectivity index (χ1v) is 9.60. The van der Waals surface area contributed by atoms with Crippen LogP contribution in [0.2, 0.25) is 5.02 Å². The lowest BCUT2D eigenvalue weighted by molar-refractivity contribution is -0.0000107. The highest BCUT2D eigenvalue weighted by Crippen LogP contribution is 2.31. The second-order valence-electron chi connectivity index (χ2n) is 6.41. The van der Waals surface area contributed by atoms with Crippen LogP contribution in [0.4, 0.5) is 16.2 Å². The Morgan fingerprint density at radius 2 is 1.93 bits per heavy atom. The molecule has 3 rings (SSSR count). The minimum absolute atomic E-state index is 0. The maximum Gasteiger partial charge on any atom is 0.411 e. The standard InChI is InChI=1S/C22H23ClN2O2.ClH/c1-2-14-27-22(26)25-21-8-4-3-7-20(21)24-19-9-5-6-17(19)15-16-10-12-18(23)13-11-16;/h3-4,7-8,10-13,15H,2,5-6,9,14H2,1H3,(H,25,26);1H/p-1/b17-15+,24-19?;. The summed E-state index contributed by atoms with van der Waals surface area (Å²) in [6, 6.07) is 15.3. The number of benzene rings is 2. The Bertz CT molecular complexity index is 861. The van der Waals surface area contributed by atoms with Gasteiger partial charge in [0.1, 0.15) is 0 Å². The summed E-state index contributed by atoms with van der Waals surface area (Å²) in [6.07, 6.45) is 5.49. The van der Waals surface area contributed by atoms with E-state index in [1.54, 1.807) is 0 Å². The number of ether oxygens (including phenoxy) is 1. The van der Waals surface area contributed by atoms with E-state index in [2.05, 4.69) is 11.4 Å². The lowest BCUT2D eigenvalue weighted by Gasteiger charge is -2.09. The molecule has 0 radical (unpaired) electrons. The third-order valence-electron chi connectivity index (χ3n) is 4.27. The van der Waals surface area contributed by atoms with Gasteiger partial charge in [0.25, 0.3) is 0 Å². The monoisotopic (exact) mass is 417 g/mol. The zero-order valence-corrected chi connectivity index (χ0v) is 17.3. The molecule has 1 N–H and O–H groups in total. The topological polar surface area (TPSA) is 50.7 Å². The zero-order valence-electron chi connectivity index (χ0n) is 15.8. The van der Waals surface area contributed by atoms with Crippen LogP contribution < -0.4 is 17.7 Å². The fraction of sp³-hybridized carbons (Fsp3) is 0.273. The lowest BCUT2D eigenvalue weighted by Crippen LogP contribution is -3.00. The maximum absolute atomic E-state index is 11.9. The molecule has 1 amide bonds. The summed E-state index contributed by atoms with van der Waals surface area (Å²) in [5.41, 5.74) is 4.79. The lowest BCUT2D eigenvalue weighted by atomic mass is 10.1. The fourth-order valence-electron chi connectivity index (χ4n) is 2.96. The van der Waals surface area contributed by atoms with Gasteiger partial charge in [-0.25, -0.2) is 4.79 Å². The first-order valence-electron chi connectivity index (χ1n) is 9.22. The number of hydrogen-bond donors (Lipinski definition) is 1. The molecular formula is C22H23Cl2N2O2-. The SMILES string of the molecule is CCCOC(=O)Nc1ccccc1N=C1CCC/C1=C\c1ccc(Cl)cc1.[Cl-]. The van der Waals surface area contributed by atoms with Gasteiger partial charge in [0, 0.05) is 10.7 Å². The first-order chi connectivity index (χ1) is 13.2. The molecule has 1 saturated carbocycles. The van der Waals surface area contributed by atoms with Gasteiger partial charge < -0.3 is 17.1 Å². The summed E-state index contributed by atoms with van der Waals surface area (Å²) in [6.45, 7) is 2.36. The van der Waals surface area contributed by atoms with Crippen molar-refractivity contribution in [3.05, 3.63) is 64.7 Å². The number of allylic oxidation sites excluding steroid dienone is 1. The zero-order chi connectivity index (χ0) is 19.1. The van der Waals surface area contributed by atoms with E-state index in [1.165, 1.54) is 5.57 Å². The quantitative estimate of drug-likeness (QED) is 0.806. The Morgan fingerprint density at radius 3 is 2.68 bits per heavy atom. The molecule has 0 saturated heterocycles. The van der Waals surface area contributed by atoms with Crippen molar-refractivity contribution in [2.75, 3.05) is 11.9 Å². The van der Waals surface area contributed by atoms with Crippen molar-refractivity contribution in [1.82, 2.24) is 0 Å². The molecule has 6 heteroatoms. The molecular weight excluding hydrogens is 395 g/mol. The van der Waals surface area contributed by atoms with Gasteiger partial charge in [-0.05, 0) is 67.2 Å². The van der Waals surface area contributed by atoms with Crippen LogP contribution in [-0.2, 0) is 4.74 Å². The van der Waals surface area contributed by atoms with Gasteiger partial charge in [-0.1, -0.05) is 42.8 Å². The van der Waals surface area contributed by atoms with Crippen LogP contribution in [0.25, 0.3) is 6.08 Å². The van der Waals surface area contributed by atoms with Crippen LogP contribution in [-0.4, -0.2) is 18.4 Å². The van der Waals surface area contributed by atoms with Gasteiger partial charge in [-0.2, -0.15) is 0 Å². The van der Waals surface area contributed by atoms with E-state index in [0.29, 0.717) is 12.3 Å². The highest BCUT2D eigenvalue weighted by molar-refractivity contribution is 6.30. The largest absolute Gasteiger partial charge is 1.00 e. The summed E-state index contributed by atoms with van der Waals surface area (Å²) in [7, 11) is 0. The minimum Gasteiger partial charge on any atom is -1.00 e. The van der Waals surface area contributed by atoms with E-state index >= 15 is 0 Å². The predicted molar refractivity (Wildman–Crippen MR) is 112 cm³/mol. The van der Waals surface area contributed by atoms with Gasteiger partial charge in [0.2, 0.25) is 0 Å². The average Bonchev–Trinajstić information content (AvgIpc) is 3.10. The molecule has 4 nitrogen and oxygen atoms in total. The molecule has 1 aliphatic rings. The minimum atomic E-state index is -0.451. The second kappa shape index (κ2) is 10.9. The Hall–Kier alpha value is -2.30. The summed E-state index contributed by atoms with van der Waals surface area (Å²) < 4.78 is 5.11. The molecule has 0 spiro atoms. The van der Waals surface area contributed by atoms with Crippen LogP contribution in [0.5, 0.6) is 0 Å². The van der Waals surface area contributed by atoms with Crippen molar-refractivity contribution in [3.8, 4) is 0 Å². The summed E-state index contributed by atoms with van der Waals surface area (Å²) in [5.74, 6) is 0. The van der Waals surface area contributed by atoms with Crippen molar-refractivity contribution < 1.29 is 21.9 Å². The number of aliphatic imine (C=N–C) groups is 1. The van der Waals surface area contributed by atoms with E-state index < -0.39 is 6.09 Å². The molecule has 0 aliphatic heterocycles. The maximum atomic E-state index is 11.9. The van der Waals surface area contributed by atoms with Crippen LogP contribution in [0, 0.1) is 0 Å². The van der Waals surface area contributed by atoms with Gasteiger partial charge in [0.05, 0.1) is 18.0 Å². The van der Waals surface area contributed by atoms with Crippen LogP contribution >= 0.6 is 11.6 Å².